The van der Waals surface area contributed by atoms with Gasteiger partial charge in [0.15, 0.2) is 5.13 Å². The van der Waals surface area contributed by atoms with E-state index in [0.29, 0.717) is 18.3 Å². The Bertz CT molecular complexity index is 391. The summed E-state index contributed by atoms with van der Waals surface area (Å²) in [7, 11) is 0. The third kappa shape index (κ3) is 2.30. The maximum atomic E-state index is 11.8. The summed E-state index contributed by atoms with van der Waals surface area (Å²) in [5.41, 5.74) is 1.08. The van der Waals surface area contributed by atoms with Gasteiger partial charge in [-0.3, -0.25) is 9.69 Å². The highest BCUT2D eigenvalue weighted by Gasteiger charge is 2.31. The molecule has 0 saturated carbocycles. The maximum absolute atomic E-state index is 11.8. The van der Waals surface area contributed by atoms with Crippen molar-refractivity contribution in [3.05, 3.63) is 11.1 Å². The number of halogens is 1. The maximum Gasteiger partial charge on any atom is 0.229 e. The summed E-state index contributed by atoms with van der Waals surface area (Å²) < 4.78 is 0. The number of carbonyl (C=O) groups is 1. The van der Waals surface area contributed by atoms with E-state index in [1.165, 1.54) is 0 Å². The van der Waals surface area contributed by atoms with E-state index in [-0.39, 0.29) is 5.91 Å². The summed E-state index contributed by atoms with van der Waals surface area (Å²) in [5.74, 6) is 1.06. The van der Waals surface area contributed by atoms with Crippen LogP contribution in [-0.4, -0.2) is 22.8 Å². The molecule has 2 heterocycles. The van der Waals surface area contributed by atoms with Gasteiger partial charge in [-0.25, -0.2) is 4.98 Å². The van der Waals surface area contributed by atoms with Gasteiger partial charge in [0.1, 0.15) is 0 Å². The van der Waals surface area contributed by atoms with Crippen molar-refractivity contribution < 1.29 is 4.79 Å². The van der Waals surface area contributed by atoms with Crippen LogP contribution in [-0.2, 0) is 4.79 Å². The van der Waals surface area contributed by atoms with Gasteiger partial charge in [-0.05, 0) is 11.8 Å². The van der Waals surface area contributed by atoms with Crippen LogP contribution in [0, 0.1) is 5.92 Å². The first-order valence-electron chi connectivity index (χ1n) is 5.43. The number of anilines is 1. The fraction of sp³-hybridized carbons (Fsp3) is 0.636. The number of alkyl halides is 1. The molecule has 1 aliphatic heterocycles. The van der Waals surface area contributed by atoms with Gasteiger partial charge in [-0.1, -0.05) is 29.8 Å². The van der Waals surface area contributed by atoms with E-state index < -0.39 is 0 Å². The molecule has 3 nitrogen and oxygen atoms in total. The van der Waals surface area contributed by atoms with Gasteiger partial charge in [0.2, 0.25) is 5.91 Å². The number of nitrogens with zero attached hydrogens (tertiary/aromatic N) is 2. The van der Waals surface area contributed by atoms with Gasteiger partial charge in [-0.2, -0.15) is 0 Å². The van der Waals surface area contributed by atoms with E-state index in [1.54, 1.807) is 11.3 Å². The third-order valence-electron chi connectivity index (χ3n) is 2.76. The van der Waals surface area contributed by atoms with Gasteiger partial charge in [-0.15, -0.1) is 11.3 Å². The lowest BCUT2D eigenvalue weighted by molar-refractivity contribution is -0.117. The van der Waals surface area contributed by atoms with E-state index in [9.17, 15) is 4.79 Å². The van der Waals surface area contributed by atoms with Crippen molar-refractivity contribution in [1.82, 2.24) is 4.98 Å². The molecule has 1 fully saturated rings. The minimum absolute atomic E-state index is 0.203. The molecule has 0 radical (unpaired) electrons. The SMILES string of the molecule is CC(C)c1csc(N2CC(CBr)CC2=O)n1. The van der Waals surface area contributed by atoms with E-state index in [2.05, 4.69) is 40.1 Å². The molecule has 1 saturated heterocycles. The largest absolute Gasteiger partial charge is 0.288 e. The van der Waals surface area contributed by atoms with Crippen molar-refractivity contribution in [2.24, 2.45) is 5.92 Å². The van der Waals surface area contributed by atoms with Crippen molar-refractivity contribution in [3.63, 3.8) is 0 Å². The highest BCUT2D eigenvalue weighted by Crippen LogP contribution is 2.30. The lowest BCUT2D eigenvalue weighted by Crippen LogP contribution is -2.24. The van der Waals surface area contributed by atoms with Gasteiger partial charge >= 0.3 is 0 Å². The second-order valence-electron chi connectivity index (χ2n) is 4.44. The summed E-state index contributed by atoms with van der Waals surface area (Å²) in [6, 6.07) is 0. The molecule has 2 rings (SSSR count). The molecule has 1 unspecified atom stereocenters. The van der Waals surface area contributed by atoms with Crippen molar-refractivity contribution in [3.8, 4) is 0 Å². The fourth-order valence-electron chi connectivity index (χ4n) is 1.74. The molecular weight excluding hydrogens is 288 g/mol. The number of aromatic nitrogens is 1. The first kappa shape index (κ1) is 12.0. The van der Waals surface area contributed by atoms with Crippen molar-refractivity contribution in [1.29, 1.82) is 0 Å². The first-order valence-corrected chi connectivity index (χ1v) is 7.43. The van der Waals surface area contributed by atoms with E-state index in [1.807, 2.05) is 4.90 Å². The van der Waals surface area contributed by atoms with Gasteiger partial charge in [0.25, 0.3) is 0 Å². The monoisotopic (exact) mass is 302 g/mol. The zero-order valence-corrected chi connectivity index (χ0v) is 11.8. The van der Waals surface area contributed by atoms with Crippen molar-refractivity contribution in [2.45, 2.75) is 26.2 Å². The predicted molar refractivity (Wildman–Crippen MR) is 70.5 cm³/mol. The molecule has 88 valence electrons. The quantitative estimate of drug-likeness (QED) is 0.804. The van der Waals surface area contributed by atoms with Crippen LogP contribution < -0.4 is 4.90 Å². The minimum atomic E-state index is 0.203. The van der Waals surface area contributed by atoms with Crippen LogP contribution in [0.4, 0.5) is 5.13 Å². The molecule has 16 heavy (non-hydrogen) atoms. The minimum Gasteiger partial charge on any atom is -0.288 e. The zero-order chi connectivity index (χ0) is 11.7. The molecular formula is C11H15BrN2OS. The second-order valence-corrected chi connectivity index (χ2v) is 5.92. The third-order valence-corrected chi connectivity index (χ3v) is 4.55. The number of carbonyl (C=O) groups excluding carboxylic acids is 1. The zero-order valence-electron chi connectivity index (χ0n) is 9.44. The molecule has 1 amide bonds. The Kier molecular flexibility index (Phi) is 3.64. The van der Waals surface area contributed by atoms with E-state index in [0.717, 1.165) is 22.7 Å². The van der Waals surface area contributed by atoms with Crippen LogP contribution in [0.3, 0.4) is 0 Å². The molecule has 0 aromatic carbocycles. The Balaban J connectivity index is 2.15. The van der Waals surface area contributed by atoms with Crippen molar-refractivity contribution in [2.75, 3.05) is 16.8 Å². The molecule has 0 spiro atoms. The number of thiazole rings is 1. The predicted octanol–water partition coefficient (Wildman–Crippen LogP) is 3.01. The van der Waals surface area contributed by atoms with Gasteiger partial charge in [0, 0.05) is 23.7 Å². The molecule has 1 aromatic rings. The lowest BCUT2D eigenvalue weighted by atomic mass is 10.2. The van der Waals surface area contributed by atoms with Crippen LogP contribution in [0.5, 0.6) is 0 Å². The number of rotatable bonds is 3. The van der Waals surface area contributed by atoms with Gasteiger partial charge < -0.3 is 0 Å². The standard InChI is InChI=1S/C11H15BrN2OS/c1-7(2)9-6-16-11(13-9)14-5-8(4-12)3-10(14)15/h6-8H,3-5H2,1-2H3. The number of amides is 1. The molecule has 0 aliphatic carbocycles. The Morgan fingerprint density at radius 3 is 2.94 bits per heavy atom. The highest BCUT2D eigenvalue weighted by molar-refractivity contribution is 9.09. The first-order chi connectivity index (χ1) is 7.61. The van der Waals surface area contributed by atoms with Crippen LogP contribution in [0.2, 0.25) is 0 Å². The summed E-state index contributed by atoms with van der Waals surface area (Å²) in [6.07, 6.45) is 0.641. The lowest BCUT2D eigenvalue weighted by Gasteiger charge is -2.12. The van der Waals surface area contributed by atoms with Gasteiger partial charge in [0.05, 0.1) is 5.69 Å². The average molecular weight is 303 g/mol. The van der Waals surface area contributed by atoms with Crippen LogP contribution >= 0.6 is 27.3 Å². The Morgan fingerprint density at radius 2 is 2.44 bits per heavy atom. The normalized spacial score (nSPS) is 21.1. The smallest absolute Gasteiger partial charge is 0.229 e. The van der Waals surface area contributed by atoms with E-state index >= 15 is 0 Å². The summed E-state index contributed by atoms with van der Waals surface area (Å²) in [4.78, 5) is 18.1. The van der Waals surface area contributed by atoms with Crippen LogP contribution in [0.1, 0.15) is 31.9 Å². The summed E-state index contributed by atoms with van der Waals surface area (Å²) in [5, 5.41) is 3.80. The molecule has 5 heteroatoms. The Labute approximate surface area is 108 Å². The average Bonchev–Trinajstić information content (AvgIpc) is 2.83. The molecule has 1 aromatic heterocycles. The van der Waals surface area contributed by atoms with Crippen LogP contribution in [0.25, 0.3) is 0 Å². The summed E-state index contributed by atoms with van der Waals surface area (Å²) >= 11 is 5.01. The molecule has 0 N–H and O–H groups in total. The number of hydrogen-bond donors (Lipinski definition) is 0. The number of hydrogen-bond acceptors (Lipinski definition) is 3. The Hall–Kier alpha value is -0.420. The van der Waals surface area contributed by atoms with E-state index in [4.69, 9.17) is 0 Å². The second kappa shape index (κ2) is 4.84. The summed E-state index contributed by atoms with van der Waals surface area (Å²) in [6.45, 7) is 5.03. The Morgan fingerprint density at radius 1 is 1.69 bits per heavy atom. The highest BCUT2D eigenvalue weighted by atomic mass is 79.9. The fourth-order valence-corrected chi connectivity index (χ4v) is 3.18. The molecule has 1 aliphatic rings. The van der Waals surface area contributed by atoms with Crippen molar-refractivity contribution >= 4 is 38.3 Å². The van der Waals surface area contributed by atoms with Crippen LogP contribution in [0.15, 0.2) is 5.38 Å². The topological polar surface area (TPSA) is 33.2 Å². The molecule has 1 atom stereocenters. The molecule has 0 bridgehead atoms.